The second-order valence-corrected chi connectivity index (χ2v) is 12.1. The molecule has 0 spiro atoms. The summed E-state index contributed by atoms with van der Waals surface area (Å²) in [5, 5.41) is 10.3. The predicted molar refractivity (Wildman–Crippen MR) is 161 cm³/mol. The SMILES string of the molecule is C=C(F)C(=O)N1CCN(c2nc(OCC34CCCN3CC4)nc(CCCc3ccccc3Cl)c2CCC)CC1CC#N. The van der Waals surface area contributed by atoms with Gasteiger partial charge in [-0.25, -0.2) is 4.39 Å². The molecule has 42 heavy (non-hydrogen) atoms. The van der Waals surface area contributed by atoms with Crippen LogP contribution < -0.4 is 9.64 Å². The Labute approximate surface area is 253 Å². The van der Waals surface area contributed by atoms with Gasteiger partial charge in [-0.15, -0.1) is 0 Å². The van der Waals surface area contributed by atoms with E-state index in [0.717, 1.165) is 85.7 Å². The van der Waals surface area contributed by atoms with E-state index in [9.17, 15) is 14.4 Å². The number of anilines is 1. The fourth-order valence-electron chi connectivity index (χ4n) is 6.68. The summed E-state index contributed by atoms with van der Waals surface area (Å²) in [7, 11) is 0. The molecule has 0 aliphatic carbocycles. The average molecular weight is 595 g/mol. The molecule has 5 rings (SSSR count). The minimum Gasteiger partial charge on any atom is -0.461 e. The first kappa shape index (κ1) is 30.2. The van der Waals surface area contributed by atoms with Gasteiger partial charge in [-0.05, 0) is 63.1 Å². The maximum Gasteiger partial charge on any atom is 0.318 e. The number of aromatic nitrogens is 2. The summed E-state index contributed by atoms with van der Waals surface area (Å²) >= 11 is 6.43. The van der Waals surface area contributed by atoms with Crippen LogP contribution in [0.1, 0.15) is 62.3 Å². The summed E-state index contributed by atoms with van der Waals surface area (Å²) in [6.07, 6.45) is 7.68. The largest absolute Gasteiger partial charge is 0.461 e. The van der Waals surface area contributed by atoms with Gasteiger partial charge in [0.1, 0.15) is 12.4 Å². The zero-order chi connectivity index (χ0) is 29.7. The molecule has 1 aromatic heterocycles. The van der Waals surface area contributed by atoms with Crippen LogP contribution in [0.25, 0.3) is 0 Å². The summed E-state index contributed by atoms with van der Waals surface area (Å²) in [5.41, 5.74) is 3.24. The fraction of sp³-hybridized carbons (Fsp3) is 0.562. The van der Waals surface area contributed by atoms with E-state index in [0.29, 0.717) is 25.7 Å². The van der Waals surface area contributed by atoms with Crippen LogP contribution in [0.4, 0.5) is 10.2 Å². The lowest BCUT2D eigenvalue weighted by Crippen LogP contribution is -2.59. The standard InChI is InChI=1S/C32H40ClFN6O2/c1-3-8-26-28(12-6-10-24-9-4-5-11-27(24)33)36-31(42-22-32-14-7-17-39(32)18-15-32)37-29(26)38-19-20-40(30(41)23(2)34)25(21-38)13-16-35/h4-5,9,11,25H,2-3,6-8,10,12-15,17-22H2,1H3. The van der Waals surface area contributed by atoms with Crippen molar-refractivity contribution >= 4 is 23.3 Å². The molecule has 0 bridgehead atoms. The normalized spacial score (nSPS) is 21.9. The van der Waals surface area contributed by atoms with Gasteiger partial charge in [-0.1, -0.05) is 49.7 Å². The van der Waals surface area contributed by atoms with Crippen molar-refractivity contribution in [3.63, 3.8) is 0 Å². The lowest BCUT2D eigenvalue weighted by atomic mass is 9.86. The first-order chi connectivity index (χ1) is 20.3. The number of halogens is 2. The van der Waals surface area contributed by atoms with Crippen molar-refractivity contribution in [1.82, 2.24) is 19.8 Å². The van der Waals surface area contributed by atoms with Crippen molar-refractivity contribution in [3.8, 4) is 12.1 Å². The minimum atomic E-state index is -1.01. The third-order valence-electron chi connectivity index (χ3n) is 9.03. The molecule has 3 fully saturated rings. The molecule has 0 saturated carbocycles. The highest BCUT2D eigenvalue weighted by Crippen LogP contribution is 2.41. The van der Waals surface area contributed by atoms with Crippen molar-refractivity contribution in [2.75, 3.05) is 44.2 Å². The Morgan fingerprint density at radius 2 is 2.02 bits per heavy atom. The molecule has 0 radical (unpaired) electrons. The highest BCUT2D eigenvalue weighted by atomic mass is 35.5. The number of fused-ring (bicyclic) bond motifs is 1. The molecule has 10 heteroatoms. The van der Waals surface area contributed by atoms with Gasteiger partial charge in [0.05, 0.1) is 29.8 Å². The van der Waals surface area contributed by atoms with Crippen molar-refractivity contribution in [2.24, 2.45) is 0 Å². The zero-order valence-electron chi connectivity index (χ0n) is 24.5. The highest BCUT2D eigenvalue weighted by molar-refractivity contribution is 6.31. The number of aryl methyl sites for hydroxylation is 2. The number of hydrogen-bond donors (Lipinski definition) is 0. The van der Waals surface area contributed by atoms with Crippen LogP contribution in [0.15, 0.2) is 36.7 Å². The van der Waals surface area contributed by atoms with Crippen LogP contribution in [-0.4, -0.2) is 76.6 Å². The lowest BCUT2D eigenvalue weighted by molar-refractivity contribution is -0.131. The Morgan fingerprint density at radius 3 is 2.71 bits per heavy atom. The number of ether oxygens (including phenoxy) is 1. The van der Waals surface area contributed by atoms with Gasteiger partial charge in [0.15, 0.2) is 5.83 Å². The molecule has 224 valence electrons. The average Bonchev–Trinajstić information content (AvgIpc) is 3.26. The van der Waals surface area contributed by atoms with Gasteiger partial charge in [-0.2, -0.15) is 15.2 Å². The molecule has 2 aromatic rings. The molecular weight excluding hydrogens is 555 g/mol. The van der Waals surface area contributed by atoms with Crippen LogP contribution in [0, 0.1) is 11.3 Å². The van der Waals surface area contributed by atoms with Crippen molar-refractivity contribution in [1.29, 1.82) is 5.26 Å². The highest BCUT2D eigenvalue weighted by Gasteiger charge is 2.48. The lowest BCUT2D eigenvalue weighted by Gasteiger charge is -2.47. The number of benzene rings is 1. The van der Waals surface area contributed by atoms with Crippen molar-refractivity contribution < 1.29 is 13.9 Å². The van der Waals surface area contributed by atoms with E-state index < -0.39 is 17.8 Å². The number of amides is 1. The van der Waals surface area contributed by atoms with Gasteiger partial charge in [0.2, 0.25) is 0 Å². The molecule has 3 aliphatic rings. The summed E-state index contributed by atoms with van der Waals surface area (Å²) in [5.74, 6) is -0.970. The van der Waals surface area contributed by atoms with Crippen molar-refractivity contribution in [3.05, 3.63) is 58.5 Å². The maximum absolute atomic E-state index is 13.8. The van der Waals surface area contributed by atoms with E-state index >= 15 is 0 Å². The van der Waals surface area contributed by atoms with Gasteiger partial charge >= 0.3 is 6.01 Å². The number of rotatable bonds is 12. The number of piperazine rings is 1. The Morgan fingerprint density at radius 1 is 1.19 bits per heavy atom. The van der Waals surface area contributed by atoms with Crippen LogP contribution in [0.5, 0.6) is 6.01 Å². The second kappa shape index (κ2) is 13.4. The summed E-state index contributed by atoms with van der Waals surface area (Å²) in [4.78, 5) is 28.5. The second-order valence-electron chi connectivity index (χ2n) is 11.7. The van der Waals surface area contributed by atoms with Crippen LogP contribution in [0.3, 0.4) is 0 Å². The third-order valence-corrected chi connectivity index (χ3v) is 9.40. The zero-order valence-corrected chi connectivity index (χ0v) is 25.2. The number of hydrogen-bond acceptors (Lipinski definition) is 7. The molecule has 4 heterocycles. The van der Waals surface area contributed by atoms with Crippen LogP contribution in [-0.2, 0) is 24.1 Å². The van der Waals surface area contributed by atoms with E-state index in [2.05, 4.69) is 35.4 Å². The molecule has 3 aliphatic heterocycles. The molecule has 2 unspecified atom stereocenters. The van der Waals surface area contributed by atoms with Gasteiger partial charge in [0.25, 0.3) is 5.91 Å². The molecule has 1 amide bonds. The number of carbonyl (C=O) groups excluding carboxylic acids is 1. The molecular formula is C32H40ClFN6O2. The molecule has 2 atom stereocenters. The summed E-state index contributed by atoms with van der Waals surface area (Å²) in [6, 6.07) is 9.99. The predicted octanol–water partition coefficient (Wildman–Crippen LogP) is 5.29. The Hall–Kier alpha value is -3.22. The number of nitrogens with zero attached hydrogens (tertiary/aromatic N) is 6. The molecule has 8 nitrogen and oxygen atoms in total. The topological polar surface area (TPSA) is 85.6 Å². The minimum absolute atomic E-state index is 0.0917. The van der Waals surface area contributed by atoms with E-state index in [-0.39, 0.29) is 18.5 Å². The van der Waals surface area contributed by atoms with Gasteiger partial charge in [0, 0.05) is 36.8 Å². The Bertz CT molecular complexity index is 1350. The van der Waals surface area contributed by atoms with Gasteiger partial charge in [-0.3, -0.25) is 9.69 Å². The fourth-order valence-corrected chi connectivity index (χ4v) is 6.91. The first-order valence-electron chi connectivity index (χ1n) is 15.1. The van der Waals surface area contributed by atoms with Crippen molar-refractivity contribution in [2.45, 2.75) is 76.3 Å². The van der Waals surface area contributed by atoms with Gasteiger partial charge < -0.3 is 14.5 Å². The van der Waals surface area contributed by atoms with E-state index in [1.807, 2.05) is 18.2 Å². The van der Waals surface area contributed by atoms with Crippen LogP contribution in [0.2, 0.25) is 5.02 Å². The van der Waals surface area contributed by atoms with E-state index in [1.54, 1.807) is 0 Å². The monoisotopic (exact) mass is 594 g/mol. The number of nitriles is 1. The number of carbonyl (C=O) groups is 1. The quantitative estimate of drug-likeness (QED) is 0.309. The smallest absolute Gasteiger partial charge is 0.318 e. The Kier molecular flexibility index (Phi) is 9.64. The summed E-state index contributed by atoms with van der Waals surface area (Å²) < 4.78 is 20.2. The first-order valence-corrected chi connectivity index (χ1v) is 15.5. The van der Waals surface area contributed by atoms with Crippen LogP contribution >= 0.6 is 11.6 Å². The maximum atomic E-state index is 13.8. The third kappa shape index (κ3) is 6.40. The van der Waals surface area contributed by atoms with E-state index in [4.69, 9.17) is 26.3 Å². The van der Waals surface area contributed by atoms with E-state index in [1.165, 1.54) is 11.3 Å². The Balaban J connectivity index is 1.43. The summed E-state index contributed by atoms with van der Waals surface area (Å²) in [6.45, 7) is 9.23. The molecule has 1 aromatic carbocycles. The molecule has 0 N–H and O–H groups in total. The molecule has 3 saturated heterocycles.